The number of esters is 1. The van der Waals surface area contributed by atoms with Gasteiger partial charge in [-0.15, -0.1) is 0 Å². The summed E-state index contributed by atoms with van der Waals surface area (Å²) in [6.07, 6.45) is 1.54. The molecule has 1 aliphatic carbocycles. The van der Waals surface area contributed by atoms with Crippen LogP contribution in [0, 0.1) is 5.41 Å². The molecule has 1 saturated carbocycles. The van der Waals surface area contributed by atoms with Gasteiger partial charge >= 0.3 is 5.97 Å². The molecule has 5 heteroatoms. The Labute approximate surface area is 99.9 Å². The number of ether oxygens (including phenoxy) is 1. The highest BCUT2D eigenvalue weighted by atomic mass is 19.3. The zero-order chi connectivity index (χ0) is 12.5. The molecule has 2 aliphatic rings. The summed E-state index contributed by atoms with van der Waals surface area (Å²) >= 11 is 0. The van der Waals surface area contributed by atoms with Gasteiger partial charge < -0.3 is 10.1 Å². The van der Waals surface area contributed by atoms with Crippen LogP contribution in [0.5, 0.6) is 0 Å². The molecule has 98 valence electrons. The molecule has 1 saturated heterocycles. The van der Waals surface area contributed by atoms with Gasteiger partial charge in [-0.1, -0.05) is 0 Å². The maximum Gasteiger partial charge on any atom is 0.323 e. The number of nitrogens with one attached hydrogen (secondary N) is 1. The van der Waals surface area contributed by atoms with Crippen LogP contribution in [-0.4, -0.2) is 31.1 Å². The van der Waals surface area contributed by atoms with Crippen LogP contribution in [-0.2, 0) is 9.53 Å². The molecule has 1 spiro atoms. The van der Waals surface area contributed by atoms with Crippen LogP contribution >= 0.6 is 0 Å². The number of rotatable bonds is 2. The molecule has 1 atom stereocenters. The molecule has 0 unspecified atom stereocenters. The lowest BCUT2D eigenvalue weighted by Crippen LogP contribution is -2.34. The zero-order valence-electron chi connectivity index (χ0n) is 10.1. The summed E-state index contributed by atoms with van der Waals surface area (Å²) in [7, 11) is 0. The second-order valence-corrected chi connectivity index (χ2v) is 5.25. The Balaban J connectivity index is 1.91. The predicted octanol–water partition coefficient (Wildman–Crippen LogP) is 2.11. The lowest BCUT2D eigenvalue weighted by molar-refractivity contribution is -0.145. The van der Waals surface area contributed by atoms with E-state index in [9.17, 15) is 13.6 Å². The quantitative estimate of drug-likeness (QED) is 0.759. The van der Waals surface area contributed by atoms with Gasteiger partial charge in [-0.3, -0.25) is 4.79 Å². The molecule has 2 rings (SSSR count). The van der Waals surface area contributed by atoms with E-state index in [1.54, 1.807) is 6.92 Å². The Kier molecular flexibility index (Phi) is 3.39. The summed E-state index contributed by atoms with van der Waals surface area (Å²) in [5.74, 6) is -2.76. The zero-order valence-corrected chi connectivity index (χ0v) is 10.1. The van der Waals surface area contributed by atoms with Gasteiger partial charge in [0.1, 0.15) is 6.04 Å². The van der Waals surface area contributed by atoms with Gasteiger partial charge in [-0.2, -0.15) is 0 Å². The topological polar surface area (TPSA) is 38.3 Å². The lowest BCUT2D eigenvalue weighted by Gasteiger charge is -2.36. The van der Waals surface area contributed by atoms with Crippen molar-refractivity contribution >= 4 is 5.97 Å². The summed E-state index contributed by atoms with van der Waals surface area (Å²) in [6.45, 7) is 2.79. The standard InChI is InChI=1S/C12H19F2NO2/c1-2-17-10(16)9-7-11(8-15-9)3-5-12(13,14)6-4-11/h9,15H,2-8H2,1H3/t9-/m0/s1. The smallest absolute Gasteiger partial charge is 0.323 e. The Hall–Kier alpha value is -0.710. The average Bonchev–Trinajstić information content (AvgIpc) is 2.69. The molecule has 1 aliphatic heterocycles. The van der Waals surface area contributed by atoms with Gasteiger partial charge in [-0.05, 0) is 31.6 Å². The Morgan fingerprint density at radius 3 is 2.59 bits per heavy atom. The van der Waals surface area contributed by atoms with E-state index in [2.05, 4.69) is 5.32 Å². The van der Waals surface area contributed by atoms with E-state index >= 15 is 0 Å². The number of carbonyl (C=O) groups is 1. The largest absolute Gasteiger partial charge is 0.465 e. The Morgan fingerprint density at radius 2 is 2.00 bits per heavy atom. The molecule has 1 heterocycles. The number of hydrogen-bond donors (Lipinski definition) is 1. The van der Waals surface area contributed by atoms with Crippen molar-refractivity contribution in [1.29, 1.82) is 0 Å². The summed E-state index contributed by atoms with van der Waals surface area (Å²) < 4.78 is 31.2. The minimum Gasteiger partial charge on any atom is -0.465 e. The summed E-state index contributed by atoms with van der Waals surface area (Å²) in [5.41, 5.74) is -0.112. The van der Waals surface area contributed by atoms with E-state index in [4.69, 9.17) is 4.74 Å². The monoisotopic (exact) mass is 247 g/mol. The fourth-order valence-corrected chi connectivity index (χ4v) is 2.85. The van der Waals surface area contributed by atoms with Crippen LogP contribution in [0.2, 0.25) is 0 Å². The normalized spacial score (nSPS) is 30.4. The van der Waals surface area contributed by atoms with Crippen molar-refractivity contribution in [1.82, 2.24) is 5.32 Å². The van der Waals surface area contributed by atoms with Crippen LogP contribution < -0.4 is 5.32 Å². The van der Waals surface area contributed by atoms with Crippen LogP contribution in [0.1, 0.15) is 39.0 Å². The molecule has 0 radical (unpaired) electrons. The van der Waals surface area contributed by atoms with Crippen LogP contribution in [0.4, 0.5) is 8.78 Å². The van der Waals surface area contributed by atoms with Crippen LogP contribution in [0.3, 0.4) is 0 Å². The second kappa shape index (κ2) is 4.52. The van der Waals surface area contributed by atoms with Gasteiger partial charge in [0.15, 0.2) is 0 Å². The molecule has 0 bridgehead atoms. The molecule has 0 aromatic rings. The molecular weight excluding hydrogens is 228 g/mol. The van der Waals surface area contributed by atoms with Crippen molar-refractivity contribution in [3.05, 3.63) is 0 Å². The van der Waals surface area contributed by atoms with Crippen LogP contribution in [0.15, 0.2) is 0 Å². The first-order valence-electron chi connectivity index (χ1n) is 6.24. The fraction of sp³-hybridized carbons (Fsp3) is 0.917. The molecule has 17 heavy (non-hydrogen) atoms. The number of halogens is 2. The maximum atomic E-state index is 13.1. The van der Waals surface area contributed by atoms with E-state index < -0.39 is 5.92 Å². The van der Waals surface area contributed by atoms with E-state index in [0.717, 1.165) is 0 Å². The molecule has 0 aromatic heterocycles. The lowest BCUT2D eigenvalue weighted by atomic mass is 9.71. The van der Waals surface area contributed by atoms with Crippen molar-refractivity contribution < 1.29 is 18.3 Å². The van der Waals surface area contributed by atoms with E-state index in [-0.39, 0.29) is 30.3 Å². The number of hydrogen-bond acceptors (Lipinski definition) is 3. The Morgan fingerprint density at radius 1 is 1.35 bits per heavy atom. The first-order chi connectivity index (χ1) is 7.96. The summed E-state index contributed by atoms with van der Waals surface area (Å²) in [4.78, 5) is 11.6. The van der Waals surface area contributed by atoms with E-state index in [0.29, 0.717) is 32.4 Å². The van der Waals surface area contributed by atoms with E-state index in [1.165, 1.54) is 0 Å². The summed E-state index contributed by atoms with van der Waals surface area (Å²) in [6, 6.07) is -0.304. The average molecular weight is 247 g/mol. The molecule has 0 amide bonds. The molecule has 2 fully saturated rings. The minimum absolute atomic E-state index is 0.0514. The highest BCUT2D eigenvalue weighted by Gasteiger charge is 2.48. The molecule has 3 nitrogen and oxygen atoms in total. The number of alkyl halides is 2. The minimum atomic E-state index is -2.51. The third kappa shape index (κ3) is 2.76. The van der Waals surface area contributed by atoms with Gasteiger partial charge in [0.25, 0.3) is 0 Å². The van der Waals surface area contributed by atoms with Gasteiger partial charge in [0.2, 0.25) is 5.92 Å². The van der Waals surface area contributed by atoms with Gasteiger partial charge in [0, 0.05) is 19.4 Å². The predicted molar refractivity (Wildman–Crippen MR) is 58.9 cm³/mol. The molecule has 0 aromatic carbocycles. The maximum absolute atomic E-state index is 13.1. The van der Waals surface area contributed by atoms with Crippen molar-refractivity contribution in [2.24, 2.45) is 5.41 Å². The number of carbonyl (C=O) groups excluding carboxylic acids is 1. The van der Waals surface area contributed by atoms with Crippen molar-refractivity contribution in [2.45, 2.75) is 51.0 Å². The van der Waals surface area contributed by atoms with Crippen molar-refractivity contribution in [3.63, 3.8) is 0 Å². The third-order valence-electron chi connectivity index (χ3n) is 3.97. The third-order valence-corrected chi connectivity index (χ3v) is 3.97. The summed E-state index contributed by atoms with van der Waals surface area (Å²) in [5, 5.41) is 3.11. The van der Waals surface area contributed by atoms with E-state index in [1.807, 2.05) is 0 Å². The second-order valence-electron chi connectivity index (χ2n) is 5.25. The molecule has 1 N–H and O–H groups in total. The highest BCUT2D eigenvalue weighted by molar-refractivity contribution is 5.76. The van der Waals surface area contributed by atoms with Gasteiger partial charge in [-0.25, -0.2) is 8.78 Å². The Bertz CT molecular complexity index is 297. The van der Waals surface area contributed by atoms with Gasteiger partial charge in [0.05, 0.1) is 6.61 Å². The van der Waals surface area contributed by atoms with Crippen LogP contribution in [0.25, 0.3) is 0 Å². The SMILES string of the molecule is CCOC(=O)[C@@H]1CC2(CCC(F)(F)CC2)CN1. The van der Waals surface area contributed by atoms with Crippen molar-refractivity contribution in [3.8, 4) is 0 Å². The first kappa shape index (κ1) is 12.7. The fourth-order valence-electron chi connectivity index (χ4n) is 2.85. The molecular formula is C12H19F2NO2. The van der Waals surface area contributed by atoms with Crippen molar-refractivity contribution in [2.75, 3.05) is 13.2 Å². The highest BCUT2D eigenvalue weighted by Crippen LogP contribution is 2.47. The first-order valence-corrected chi connectivity index (χ1v) is 6.24.